The van der Waals surface area contributed by atoms with Crippen molar-refractivity contribution in [3.8, 4) is 5.75 Å². The summed E-state index contributed by atoms with van der Waals surface area (Å²) in [5.41, 5.74) is 2.74. The molecule has 0 aliphatic carbocycles. The van der Waals surface area contributed by atoms with Crippen LogP contribution in [0, 0.1) is 0 Å². The molecule has 134 valence electrons. The molecule has 0 aliphatic rings. The van der Waals surface area contributed by atoms with Gasteiger partial charge in [0.2, 0.25) is 0 Å². The van der Waals surface area contributed by atoms with E-state index in [0.29, 0.717) is 11.7 Å². The fourth-order valence-corrected chi connectivity index (χ4v) is 3.77. The lowest BCUT2D eigenvalue weighted by atomic mass is 9.87. The lowest BCUT2D eigenvalue weighted by Gasteiger charge is -2.17. The second kappa shape index (κ2) is 8.05. The predicted octanol–water partition coefficient (Wildman–Crippen LogP) is 5.45. The number of aromatic nitrogens is 1. The Bertz CT molecular complexity index is 973. The number of hydrogen-bond acceptors (Lipinski definition) is 1. The first-order valence-electron chi connectivity index (χ1n) is 9.52. The second-order valence-electron chi connectivity index (χ2n) is 6.98. The Morgan fingerprint density at radius 1 is 0.741 bits per heavy atom. The van der Waals surface area contributed by atoms with Crippen LogP contribution in [0.3, 0.4) is 0 Å². The maximum absolute atomic E-state index is 9.95. The molecule has 0 amide bonds. The van der Waals surface area contributed by atoms with Crippen LogP contribution in [0.15, 0.2) is 97.3 Å². The summed E-state index contributed by atoms with van der Waals surface area (Å²) >= 11 is 0. The van der Waals surface area contributed by atoms with Gasteiger partial charge in [0.25, 0.3) is 0 Å². The van der Waals surface area contributed by atoms with Crippen LogP contribution in [-0.4, -0.2) is 5.11 Å². The van der Waals surface area contributed by atoms with Gasteiger partial charge in [0.05, 0.1) is 0 Å². The molecule has 0 saturated heterocycles. The quantitative estimate of drug-likeness (QED) is 0.458. The predicted molar refractivity (Wildman–Crippen MR) is 110 cm³/mol. The third-order valence-corrected chi connectivity index (χ3v) is 5.17. The van der Waals surface area contributed by atoms with Gasteiger partial charge in [-0.15, -0.1) is 0 Å². The number of hydrogen-bond donors (Lipinski definition) is 1. The van der Waals surface area contributed by atoms with Crippen LogP contribution in [-0.2, 0) is 6.54 Å². The van der Waals surface area contributed by atoms with Gasteiger partial charge in [0, 0.05) is 29.2 Å². The topological polar surface area (TPSA) is 24.1 Å². The molecular formula is C25H24NO+. The zero-order valence-corrected chi connectivity index (χ0v) is 15.3. The highest BCUT2D eigenvalue weighted by molar-refractivity contribution is 5.86. The number of phenols is 1. The summed E-state index contributed by atoms with van der Waals surface area (Å²) in [6.45, 7) is 0.960. The molecule has 0 fully saturated rings. The molecule has 0 atom stereocenters. The number of aromatic hydroxyl groups is 1. The number of aryl methyl sites for hydroxylation is 1. The van der Waals surface area contributed by atoms with Gasteiger partial charge in [-0.2, -0.15) is 0 Å². The van der Waals surface area contributed by atoms with Crippen molar-refractivity contribution >= 4 is 10.8 Å². The fourth-order valence-electron chi connectivity index (χ4n) is 3.77. The molecule has 0 radical (unpaired) electrons. The van der Waals surface area contributed by atoms with Gasteiger partial charge in [-0.1, -0.05) is 66.7 Å². The third kappa shape index (κ3) is 4.01. The third-order valence-electron chi connectivity index (χ3n) is 5.17. The molecule has 4 aromatic rings. The van der Waals surface area contributed by atoms with E-state index in [1.165, 1.54) is 11.1 Å². The Kier molecular flexibility index (Phi) is 5.15. The number of phenolic OH excluding ortho intramolecular Hbond substituents is 1. The van der Waals surface area contributed by atoms with Gasteiger partial charge in [0.1, 0.15) is 12.3 Å². The smallest absolute Gasteiger partial charge is 0.176 e. The van der Waals surface area contributed by atoms with Crippen LogP contribution in [0.4, 0.5) is 0 Å². The average molecular weight is 354 g/mol. The molecule has 0 bridgehead atoms. The number of nitrogens with zero attached hydrogens (tertiary/aromatic N) is 1. The van der Waals surface area contributed by atoms with E-state index in [1.54, 1.807) is 6.07 Å². The lowest BCUT2D eigenvalue weighted by molar-refractivity contribution is -0.696. The van der Waals surface area contributed by atoms with Crippen molar-refractivity contribution < 1.29 is 9.67 Å². The molecule has 2 nitrogen and oxygen atoms in total. The van der Waals surface area contributed by atoms with Crippen LogP contribution in [0.25, 0.3) is 10.8 Å². The van der Waals surface area contributed by atoms with Crippen molar-refractivity contribution in [2.75, 3.05) is 0 Å². The Morgan fingerprint density at radius 3 is 2.07 bits per heavy atom. The van der Waals surface area contributed by atoms with Gasteiger partial charge in [-0.25, -0.2) is 4.57 Å². The SMILES string of the molecule is Oc1cccc2c[n+](CCCC(c3ccccc3)c3ccccc3)ccc12. The molecule has 0 unspecified atom stereocenters. The summed E-state index contributed by atoms with van der Waals surface area (Å²) in [7, 11) is 0. The van der Waals surface area contributed by atoms with Gasteiger partial charge < -0.3 is 5.11 Å². The van der Waals surface area contributed by atoms with E-state index in [1.807, 2.05) is 18.2 Å². The van der Waals surface area contributed by atoms with Gasteiger partial charge in [-0.3, -0.25) is 0 Å². The first-order chi connectivity index (χ1) is 13.3. The number of benzene rings is 3. The fraction of sp³-hybridized carbons (Fsp3) is 0.160. The maximum Gasteiger partial charge on any atom is 0.176 e. The van der Waals surface area contributed by atoms with Gasteiger partial charge in [0.15, 0.2) is 12.4 Å². The van der Waals surface area contributed by atoms with Crippen LogP contribution < -0.4 is 4.57 Å². The van der Waals surface area contributed by atoms with E-state index in [9.17, 15) is 5.11 Å². The molecule has 2 heteroatoms. The van der Waals surface area contributed by atoms with Gasteiger partial charge >= 0.3 is 0 Å². The molecule has 0 spiro atoms. The van der Waals surface area contributed by atoms with Crippen molar-refractivity contribution in [2.45, 2.75) is 25.3 Å². The molecule has 1 aromatic heterocycles. The lowest BCUT2D eigenvalue weighted by Crippen LogP contribution is -2.32. The van der Waals surface area contributed by atoms with Crippen molar-refractivity contribution in [2.24, 2.45) is 0 Å². The summed E-state index contributed by atoms with van der Waals surface area (Å²) in [6, 6.07) is 29.2. The number of rotatable bonds is 6. The molecule has 3 aromatic carbocycles. The van der Waals surface area contributed by atoms with E-state index < -0.39 is 0 Å². The molecule has 0 saturated carbocycles. The minimum absolute atomic E-state index is 0.341. The highest BCUT2D eigenvalue weighted by Gasteiger charge is 2.15. The van der Waals surface area contributed by atoms with Crippen LogP contribution in [0.2, 0.25) is 0 Å². The summed E-state index contributed by atoms with van der Waals surface area (Å²) in [6.07, 6.45) is 6.36. The van der Waals surface area contributed by atoms with E-state index in [0.717, 1.165) is 30.2 Å². The van der Waals surface area contributed by atoms with Crippen molar-refractivity contribution in [1.29, 1.82) is 0 Å². The zero-order chi connectivity index (χ0) is 18.5. The average Bonchev–Trinajstić information content (AvgIpc) is 2.73. The highest BCUT2D eigenvalue weighted by atomic mass is 16.3. The Labute approximate surface area is 160 Å². The van der Waals surface area contributed by atoms with Crippen LogP contribution in [0.1, 0.15) is 29.9 Å². The molecule has 1 heterocycles. The first-order valence-corrected chi connectivity index (χ1v) is 9.52. The molecule has 4 rings (SSSR count). The van der Waals surface area contributed by atoms with Crippen molar-refractivity contribution in [1.82, 2.24) is 0 Å². The standard InChI is InChI=1S/C25H23NO/c27-25-15-7-13-22-19-26(18-16-24(22)25)17-8-14-23(20-9-3-1-4-10-20)21-11-5-2-6-12-21/h1-7,9-13,15-16,18-19,23H,8,14,17H2/p+1. The first kappa shape index (κ1) is 17.3. The Morgan fingerprint density at radius 2 is 1.41 bits per heavy atom. The minimum atomic E-state index is 0.341. The van der Waals surface area contributed by atoms with E-state index in [4.69, 9.17) is 0 Å². The highest BCUT2D eigenvalue weighted by Crippen LogP contribution is 2.29. The van der Waals surface area contributed by atoms with E-state index in [-0.39, 0.29) is 0 Å². The van der Waals surface area contributed by atoms with Crippen molar-refractivity contribution in [3.63, 3.8) is 0 Å². The zero-order valence-electron chi connectivity index (χ0n) is 15.3. The normalized spacial score (nSPS) is 11.1. The largest absolute Gasteiger partial charge is 0.507 e. The molecular weight excluding hydrogens is 330 g/mol. The van der Waals surface area contributed by atoms with Crippen LogP contribution in [0.5, 0.6) is 5.75 Å². The van der Waals surface area contributed by atoms with Crippen molar-refractivity contribution in [3.05, 3.63) is 108 Å². The Hall–Kier alpha value is -3.13. The van der Waals surface area contributed by atoms with Gasteiger partial charge in [-0.05, 0) is 29.7 Å². The Balaban J connectivity index is 1.50. The minimum Gasteiger partial charge on any atom is -0.507 e. The summed E-state index contributed by atoms with van der Waals surface area (Å²) in [4.78, 5) is 0. The summed E-state index contributed by atoms with van der Waals surface area (Å²) in [5, 5.41) is 11.9. The monoisotopic (exact) mass is 354 g/mol. The maximum atomic E-state index is 9.95. The van der Waals surface area contributed by atoms with E-state index in [2.05, 4.69) is 77.6 Å². The number of fused-ring (bicyclic) bond motifs is 1. The van der Waals surface area contributed by atoms with Crippen LogP contribution >= 0.6 is 0 Å². The second-order valence-corrected chi connectivity index (χ2v) is 6.98. The summed E-state index contributed by atoms with van der Waals surface area (Å²) < 4.78 is 2.22. The molecule has 27 heavy (non-hydrogen) atoms. The number of pyridine rings is 1. The molecule has 1 N–H and O–H groups in total. The molecule has 0 aliphatic heterocycles. The van der Waals surface area contributed by atoms with E-state index >= 15 is 0 Å². The summed E-state index contributed by atoms with van der Waals surface area (Å²) in [5.74, 6) is 0.755.